The quantitative estimate of drug-likeness (QED) is 0.488. The maximum Gasteiger partial charge on any atom is 0.194 e. The molecule has 0 bridgehead atoms. The number of carbonyl (C=O) groups is 1. The van der Waals surface area contributed by atoms with E-state index in [0.29, 0.717) is 12.2 Å². The summed E-state index contributed by atoms with van der Waals surface area (Å²) >= 11 is 0. The normalized spacial score (nSPS) is 9.55. The average Bonchev–Trinajstić information content (AvgIpc) is 2.37. The molecule has 1 heterocycles. The molecule has 0 spiro atoms. The third kappa shape index (κ3) is 1.80. The van der Waals surface area contributed by atoms with Crippen LogP contribution in [0.2, 0.25) is 0 Å². The second-order valence-corrected chi connectivity index (χ2v) is 2.31. The van der Waals surface area contributed by atoms with E-state index in [-0.39, 0.29) is 5.78 Å². The molecule has 11 heavy (non-hydrogen) atoms. The Hall–Kier alpha value is -1.31. The van der Waals surface area contributed by atoms with Crippen LogP contribution in [0.1, 0.15) is 23.2 Å². The van der Waals surface area contributed by atoms with Gasteiger partial charge in [-0.3, -0.25) is 4.79 Å². The van der Waals surface area contributed by atoms with Crippen molar-refractivity contribution in [3.63, 3.8) is 0 Å². The van der Waals surface area contributed by atoms with Crippen molar-refractivity contribution in [3.8, 4) is 0 Å². The van der Waals surface area contributed by atoms with E-state index < -0.39 is 0 Å². The number of hydrogen-bond acceptors (Lipinski definition) is 2. The van der Waals surface area contributed by atoms with Crippen molar-refractivity contribution in [2.24, 2.45) is 0 Å². The summed E-state index contributed by atoms with van der Waals surface area (Å²) in [6, 6.07) is 3.47. The van der Waals surface area contributed by atoms with E-state index in [4.69, 9.17) is 4.42 Å². The summed E-state index contributed by atoms with van der Waals surface area (Å²) in [7, 11) is 0. The number of rotatable bonds is 3. The van der Waals surface area contributed by atoms with E-state index in [1.165, 1.54) is 6.92 Å². The van der Waals surface area contributed by atoms with Crippen LogP contribution in [0.15, 0.2) is 29.2 Å². The molecule has 0 amide bonds. The van der Waals surface area contributed by atoms with Gasteiger partial charge in [-0.05, 0) is 12.1 Å². The molecular formula is C9H10O2. The van der Waals surface area contributed by atoms with Crippen LogP contribution in [0.3, 0.4) is 0 Å². The molecule has 0 aliphatic heterocycles. The van der Waals surface area contributed by atoms with Gasteiger partial charge in [-0.2, -0.15) is 0 Å². The van der Waals surface area contributed by atoms with E-state index in [0.717, 1.165) is 5.76 Å². The van der Waals surface area contributed by atoms with E-state index in [1.807, 2.05) is 0 Å². The van der Waals surface area contributed by atoms with Crippen LogP contribution >= 0.6 is 0 Å². The van der Waals surface area contributed by atoms with Gasteiger partial charge in [-0.15, -0.1) is 6.58 Å². The third-order valence-electron chi connectivity index (χ3n) is 1.35. The molecule has 1 aromatic heterocycles. The van der Waals surface area contributed by atoms with Crippen molar-refractivity contribution < 1.29 is 9.21 Å². The molecule has 2 nitrogen and oxygen atoms in total. The van der Waals surface area contributed by atoms with Crippen LogP contribution in [-0.4, -0.2) is 5.78 Å². The average molecular weight is 150 g/mol. The van der Waals surface area contributed by atoms with Crippen LogP contribution in [0.25, 0.3) is 0 Å². The standard InChI is InChI=1S/C9H10O2/c1-3-4-8-5-6-9(11-8)7(2)10/h3,5-6H,1,4H2,2H3. The molecule has 0 aliphatic carbocycles. The summed E-state index contributed by atoms with van der Waals surface area (Å²) in [5.41, 5.74) is 0. The van der Waals surface area contributed by atoms with Gasteiger partial charge in [0.25, 0.3) is 0 Å². The molecule has 0 unspecified atom stereocenters. The molecule has 0 saturated heterocycles. The van der Waals surface area contributed by atoms with Crippen molar-refractivity contribution >= 4 is 5.78 Å². The fourth-order valence-electron chi connectivity index (χ4n) is 0.819. The largest absolute Gasteiger partial charge is 0.458 e. The van der Waals surface area contributed by atoms with Crippen molar-refractivity contribution in [3.05, 3.63) is 36.3 Å². The lowest BCUT2D eigenvalue weighted by molar-refractivity contribution is 0.0986. The first-order valence-electron chi connectivity index (χ1n) is 3.44. The summed E-state index contributed by atoms with van der Waals surface area (Å²) in [5, 5.41) is 0. The molecule has 0 aromatic carbocycles. The van der Waals surface area contributed by atoms with Gasteiger partial charge in [0.2, 0.25) is 0 Å². The van der Waals surface area contributed by atoms with E-state index in [1.54, 1.807) is 18.2 Å². The first-order valence-corrected chi connectivity index (χ1v) is 3.44. The maximum absolute atomic E-state index is 10.7. The smallest absolute Gasteiger partial charge is 0.194 e. The molecule has 0 N–H and O–H groups in total. The first-order chi connectivity index (χ1) is 5.24. The fourth-order valence-corrected chi connectivity index (χ4v) is 0.819. The molecule has 0 saturated carbocycles. The molecule has 1 aromatic rings. The highest BCUT2D eigenvalue weighted by atomic mass is 16.3. The maximum atomic E-state index is 10.7. The minimum Gasteiger partial charge on any atom is -0.458 e. The van der Waals surface area contributed by atoms with Gasteiger partial charge in [0.1, 0.15) is 5.76 Å². The predicted octanol–water partition coefficient (Wildman–Crippen LogP) is 2.21. The first kappa shape index (κ1) is 7.79. The van der Waals surface area contributed by atoms with Crippen molar-refractivity contribution in [2.75, 3.05) is 0 Å². The fraction of sp³-hybridized carbons (Fsp3) is 0.222. The highest BCUT2D eigenvalue weighted by Crippen LogP contribution is 2.08. The van der Waals surface area contributed by atoms with Gasteiger partial charge in [0, 0.05) is 13.3 Å². The van der Waals surface area contributed by atoms with Crippen LogP contribution in [0.4, 0.5) is 0 Å². The Labute approximate surface area is 65.5 Å². The number of allylic oxidation sites excluding steroid dienone is 1. The minimum atomic E-state index is -0.0414. The van der Waals surface area contributed by atoms with E-state index >= 15 is 0 Å². The zero-order chi connectivity index (χ0) is 8.27. The van der Waals surface area contributed by atoms with Crippen LogP contribution < -0.4 is 0 Å². The predicted molar refractivity (Wildman–Crippen MR) is 42.6 cm³/mol. The Morgan fingerprint density at radius 2 is 2.45 bits per heavy atom. The minimum absolute atomic E-state index is 0.0414. The summed E-state index contributed by atoms with van der Waals surface area (Å²) in [5.74, 6) is 1.16. The number of ketones is 1. The lowest BCUT2D eigenvalue weighted by Gasteiger charge is -1.87. The Balaban J connectivity index is 2.81. The number of Topliss-reactive ketones (excluding diaryl/α,β-unsaturated/α-hetero) is 1. The second-order valence-electron chi connectivity index (χ2n) is 2.31. The number of furan rings is 1. The Kier molecular flexibility index (Phi) is 2.26. The summed E-state index contributed by atoms with van der Waals surface area (Å²) in [6.07, 6.45) is 2.41. The zero-order valence-electron chi connectivity index (χ0n) is 6.46. The molecule has 0 atom stereocenters. The Morgan fingerprint density at radius 1 is 1.73 bits per heavy atom. The highest BCUT2D eigenvalue weighted by Gasteiger charge is 2.03. The third-order valence-corrected chi connectivity index (χ3v) is 1.35. The topological polar surface area (TPSA) is 30.2 Å². The SMILES string of the molecule is C=CCc1ccc(C(C)=O)o1. The highest BCUT2D eigenvalue weighted by molar-refractivity contribution is 5.91. The Morgan fingerprint density at radius 3 is 2.91 bits per heavy atom. The Bertz CT molecular complexity index is 271. The van der Waals surface area contributed by atoms with E-state index in [2.05, 4.69) is 6.58 Å². The monoisotopic (exact) mass is 150 g/mol. The number of carbonyl (C=O) groups excluding carboxylic acids is 1. The second kappa shape index (κ2) is 3.19. The molecule has 0 radical (unpaired) electrons. The van der Waals surface area contributed by atoms with Crippen LogP contribution in [-0.2, 0) is 6.42 Å². The summed E-state index contributed by atoms with van der Waals surface area (Å²) in [6.45, 7) is 5.05. The number of hydrogen-bond donors (Lipinski definition) is 0. The molecular weight excluding hydrogens is 140 g/mol. The zero-order valence-corrected chi connectivity index (χ0v) is 6.46. The van der Waals surface area contributed by atoms with Crippen molar-refractivity contribution in [1.29, 1.82) is 0 Å². The van der Waals surface area contributed by atoms with Gasteiger partial charge in [0.05, 0.1) is 0 Å². The van der Waals surface area contributed by atoms with Crippen molar-refractivity contribution in [1.82, 2.24) is 0 Å². The van der Waals surface area contributed by atoms with Crippen LogP contribution in [0.5, 0.6) is 0 Å². The molecule has 58 valence electrons. The summed E-state index contributed by atoms with van der Waals surface area (Å²) in [4.78, 5) is 10.7. The van der Waals surface area contributed by atoms with Gasteiger partial charge < -0.3 is 4.42 Å². The molecule has 0 aliphatic rings. The lowest BCUT2D eigenvalue weighted by Crippen LogP contribution is -1.86. The van der Waals surface area contributed by atoms with Crippen LogP contribution in [0, 0.1) is 0 Å². The molecule has 1 rings (SSSR count). The summed E-state index contributed by atoms with van der Waals surface area (Å²) < 4.78 is 5.16. The van der Waals surface area contributed by atoms with Gasteiger partial charge in [-0.1, -0.05) is 6.08 Å². The van der Waals surface area contributed by atoms with Gasteiger partial charge in [0.15, 0.2) is 11.5 Å². The van der Waals surface area contributed by atoms with Gasteiger partial charge in [-0.25, -0.2) is 0 Å². The van der Waals surface area contributed by atoms with E-state index in [9.17, 15) is 4.79 Å². The molecule has 2 heteroatoms. The lowest BCUT2D eigenvalue weighted by atomic mass is 10.3. The van der Waals surface area contributed by atoms with Gasteiger partial charge >= 0.3 is 0 Å². The van der Waals surface area contributed by atoms with Crippen molar-refractivity contribution in [2.45, 2.75) is 13.3 Å². The molecule has 0 fully saturated rings.